The van der Waals surface area contributed by atoms with Crippen LogP contribution >= 0.6 is 23.4 Å². The van der Waals surface area contributed by atoms with Crippen molar-refractivity contribution in [2.75, 3.05) is 6.61 Å². The Hall–Kier alpha value is -3.54. The number of hydrazone groups is 1. The summed E-state index contributed by atoms with van der Waals surface area (Å²) in [6.45, 7) is -0.112. The predicted octanol–water partition coefficient (Wildman–Crippen LogP) is 6.69. The topological polar surface area (TPSA) is 50.7 Å². The lowest BCUT2D eigenvalue weighted by Crippen LogP contribution is -2.24. The Kier molecular flexibility index (Phi) is 7.80. The van der Waals surface area contributed by atoms with Gasteiger partial charge in [0.2, 0.25) is 0 Å². The molecule has 4 rings (SSSR count). The molecule has 1 amide bonds. The first kappa shape index (κ1) is 22.6. The lowest BCUT2D eigenvalue weighted by Gasteiger charge is -2.06. The maximum atomic E-state index is 12.0. The van der Waals surface area contributed by atoms with Gasteiger partial charge in [-0.2, -0.15) is 5.10 Å². The summed E-state index contributed by atoms with van der Waals surface area (Å²) in [4.78, 5) is 14.2. The van der Waals surface area contributed by atoms with Gasteiger partial charge in [-0.05, 0) is 65.2 Å². The van der Waals surface area contributed by atoms with Crippen LogP contribution in [0.5, 0.6) is 5.75 Å². The van der Waals surface area contributed by atoms with Crippen molar-refractivity contribution < 1.29 is 9.53 Å². The van der Waals surface area contributed by atoms with Crippen molar-refractivity contribution in [1.82, 2.24) is 5.43 Å². The Balaban J connectivity index is 1.22. The first-order valence-electron chi connectivity index (χ1n) is 10.3. The fourth-order valence-electron chi connectivity index (χ4n) is 2.99. The van der Waals surface area contributed by atoms with Crippen LogP contribution in [0, 0.1) is 0 Å². The first-order chi connectivity index (χ1) is 16.2. The van der Waals surface area contributed by atoms with Crippen LogP contribution in [-0.4, -0.2) is 18.7 Å². The quantitative estimate of drug-likeness (QED) is 0.229. The highest BCUT2D eigenvalue weighted by Crippen LogP contribution is 2.28. The normalized spacial score (nSPS) is 10.8. The zero-order chi connectivity index (χ0) is 22.9. The van der Waals surface area contributed by atoms with E-state index in [2.05, 4.69) is 10.5 Å². The number of benzene rings is 4. The van der Waals surface area contributed by atoms with Gasteiger partial charge in [-0.3, -0.25) is 4.79 Å². The molecular formula is C27H21ClN2O2S. The molecule has 0 heterocycles. The Morgan fingerprint density at radius 2 is 1.42 bits per heavy atom. The molecule has 1 N–H and O–H groups in total. The van der Waals surface area contributed by atoms with Crippen LogP contribution in [0.25, 0.3) is 11.1 Å². The van der Waals surface area contributed by atoms with E-state index in [4.69, 9.17) is 16.3 Å². The van der Waals surface area contributed by atoms with E-state index in [1.807, 2.05) is 103 Å². The Morgan fingerprint density at radius 1 is 0.818 bits per heavy atom. The van der Waals surface area contributed by atoms with Crippen LogP contribution < -0.4 is 10.2 Å². The summed E-state index contributed by atoms with van der Waals surface area (Å²) in [5.74, 6) is 0.302. The molecule has 0 aliphatic rings. The van der Waals surface area contributed by atoms with Crippen LogP contribution in [0.1, 0.15) is 5.56 Å². The number of nitrogens with one attached hydrogen (secondary N) is 1. The van der Waals surface area contributed by atoms with Gasteiger partial charge in [0, 0.05) is 14.8 Å². The number of rotatable bonds is 8. The molecule has 164 valence electrons. The number of ether oxygens (including phenoxy) is 1. The van der Waals surface area contributed by atoms with Crippen LogP contribution in [0.4, 0.5) is 0 Å². The van der Waals surface area contributed by atoms with Gasteiger partial charge in [0.05, 0.1) is 6.21 Å². The maximum absolute atomic E-state index is 12.0. The Labute approximate surface area is 202 Å². The molecule has 0 radical (unpaired) electrons. The highest BCUT2D eigenvalue weighted by atomic mass is 35.5. The van der Waals surface area contributed by atoms with Crippen molar-refractivity contribution in [2.45, 2.75) is 9.79 Å². The molecular weight excluding hydrogens is 452 g/mol. The van der Waals surface area contributed by atoms with Crippen LogP contribution in [-0.2, 0) is 4.79 Å². The second-order valence-corrected chi connectivity index (χ2v) is 8.68. The van der Waals surface area contributed by atoms with E-state index >= 15 is 0 Å². The molecule has 4 aromatic rings. The Morgan fingerprint density at radius 3 is 2.09 bits per heavy atom. The summed E-state index contributed by atoms with van der Waals surface area (Å²) < 4.78 is 5.54. The zero-order valence-corrected chi connectivity index (χ0v) is 19.2. The van der Waals surface area contributed by atoms with Gasteiger partial charge >= 0.3 is 0 Å². The monoisotopic (exact) mass is 472 g/mol. The zero-order valence-electron chi connectivity index (χ0n) is 17.6. The summed E-state index contributed by atoms with van der Waals surface area (Å²) in [5, 5.41) is 4.73. The van der Waals surface area contributed by atoms with Crippen molar-refractivity contribution in [3.8, 4) is 16.9 Å². The van der Waals surface area contributed by atoms with Gasteiger partial charge in [0.15, 0.2) is 6.61 Å². The predicted molar refractivity (Wildman–Crippen MR) is 135 cm³/mol. The van der Waals surface area contributed by atoms with E-state index in [0.29, 0.717) is 5.75 Å². The van der Waals surface area contributed by atoms with Gasteiger partial charge in [-0.15, -0.1) is 0 Å². The molecule has 0 aliphatic carbocycles. The molecule has 0 spiro atoms. The molecule has 0 saturated carbocycles. The van der Waals surface area contributed by atoms with Crippen LogP contribution in [0.3, 0.4) is 0 Å². The first-order valence-corrected chi connectivity index (χ1v) is 11.5. The molecule has 0 aliphatic heterocycles. The minimum Gasteiger partial charge on any atom is -0.484 e. The van der Waals surface area contributed by atoms with Gasteiger partial charge in [-0.25, -0.2) is 5.43 Å². The molecule has 0 fully saturated rings. The van der Waals surface area contributed by atoms with E-state index in [1.54, 1.807) is 18.0 Å². The summed E-state index contributed by atoms with van der Waals surface area (Å²) in [6, 6.07) is 33.3. The largest absolute Gasteiger partial charge is 0.484 e. The molecule has 0 aromatic heterocycles. The van der Waals surface area contributed by atoms with Crippen molar-refractivity contribution in [3.05, 3.63) is 114 Å². The van der Waals surface area contributed by atoms with E-state index in [9.17, 15) is 4.79 Å². The fourth-order valence-corrected chi connectivity index (χ4v) is 3.94. The Bertz CT molecular complexity index is 1210. The molecule has 0 atom stereocenters. The molecule has 4 nitrogen and oxygen atoms in total. The van der Waals surface area contributed by atoms with Gasteiger partial charge in [-0.1, -0.05) is 78.0 Å². The third kappa shape index (κ3) is 6.97. The van der Waals surface area contributed by atoms with Crippen molar-refractivity contribution in [2.24, 2.45) is 5.10 Å². The molecule has 0 saturated heterocycles. The molecule has 0 bridgehead atoms. The minimum absolute atomic E-state index is 0.112. The summed E-state index contributed by atoms with van der Waals surface area (Å²) >= 11 is 7.57. The summed E-state index contributed by atoms with van der Waals surface area (Å²) in [7, 11) is 0. The minimum atomic E-state index is -0.326. The van der Waals surface area contributed by atoms with Gasteiger partial charge in [0.25, 0.3) is 5.91 Å². The van der Waals surface area contributed by atoms with Gasteiger partial charge < -0.3 is 4.74 Å². The number of amides is 1. The number of halogens is 1. The fraction of sp³-hybridized carbons (Fsp3) is 0.0370. The lowest BCUT2D eigenvalue weighted by atomic mass is 10.1. The highest BCUT2D eigenvalue weighted by molar-refractivity contribution is 7.99. The maximum Gasteiger partial charge on any atom is 0.277 e. The van der Waals surface area contributed by atoms with E-state index in [0.717, 1.165) is 31.5 Å². The van der Waals surface area contributed by atoms with E-state index in [1.165, 1.54) is 0 Å². The average Bonchev–Trinajstić information content (AvgIpc) is 2.86. The second kappa shape index (κ2) is 11.4. The number of hydrogen-bond acceptors (Lipinski definition) is 4. The number of carbonyl (C=O) groups is 1. The molecule has 6 heteroatoms. The van der Waals surface area contributed by atoms with Crippen molar-refractivity contribution in [3.63, 3.8) is 0 Å². The van der Waals surface area contributed by atoms with Gasteiger partial charge in [0.1, 0.15) is 5.75 Å². The molecule has 4 aromatic carbocycles. The van der Waals surface area contributed by atoms with Crippen LogP contribution in [0.2, 0.25) is 5.02 Å². The smallest absolute Gasteiger partial charge is 0.277 e. The van der Waals surface area contributed by atoms with Crippen LogP contribution in [0.15, 0.2) is 118 Å². The standard InChI is InChI=1S/C27H21ClN2O2S/c28-23-10-16-26(17-11-23)33-25-14-6-20(7-15-25)18-29-30-27(31)19-32-24-12-8-22(9-13-24)21-4-2-1-3-5-21/h1-18H,19H2,(H,30,31)/b29-18+. The highest BCUT2D eigenvalue weighted by Gasteiger charge is 2.03. The van der Waals surface area contributed by atoms with Crippen molar-refractivity contribution >= 4 is 35.5 Å². The molecule has 0 unspecified atom stereocenters. The third-order valence-corrected chi connectivity index (χ3v) is 5.93. The van der Waals surface area contributed by atoms with E-state index in [-0.39, 0.29) is 12.5 Å². The summed E-state index contributed by atoms with van der Waals surface area (Å²) in [6.07, 6.45) is 1.60. The number of hydrogen-bond donors (Lipinski definition) is 1. The number of carbonyl (C=O) groups excluding carboxylic acids is 1. The van der Waals surface area contributed by atoms with E-state index < -0.39 is 0 Å². The van der Waals surface area contributed by atoms with Crippen molar-refractivity contribution in [1.29, 1.82) is 0 Å². The summed E-state index contributed by atoms with van der Waals surface area (Å²) in [5.41, 5.74) is 5.59. The second-order valence-electron chi connectivity index (χ2n) is 7.10. The third-order valence-electron chi connectivity index (χ3n) is 4.66. The SMILES string of the molecule is O=C(COc1ccc(-c2ccccc2)cc1)N/N=C/c1ccc(Sc2ccc(Cl)cc2)cc1. The molecule has 33 heavy (non-hydrogen) atoms. The number of nitrogens with zero attached hydrogens (tertiary/aromatic N) is 1. The lowest BCUT2D eigenvalue weighted by molar-refractivity contribution is -0.123. The average molecular weight is 473 g/mol.